The van der Waals surface area contributed by atoms with E-state index in [1.807, 2.05) is 26.0 Å². The molecule has 112 valence electrons. The van der Waals surface area contributed by atoms with Crippen molar-refractivity contribution in [2.24, 2.45) is 0 Å². The highest BCUT2D eigenvalue weighted by molar-refractivity contribution is 7.11. The van der Waals surface area contributed by atoms with Crippen LogP contribution in [0.3, 0.4) is 0 Å². The summed E-state index contributed by atoms with van der Waals surface area (Å²) in [5, 5.41) is 3.69. The molecule has 1 heterocycles. The quantitative estimate of drug-likeness (QED) is 0.890. The highest BCUT2D eigenvalue weighted by Gasteiger charge is 2.08. The van der Waals surface area contributed by atoms with Gasteiger partial charge in [0.25, 0.3) is 5.91 Å². The number of carbonyl (C=O) groups excluding carboxylic acids is 1. The summed E-state index contributed by atoms with van der Waals surface area (Å²) in [6, 6.07) is 7.23. The van der Waals surface area contributed by atoms with Gasteiger partial charge in [0.1, 0.15) is 5.01 Å². The highest BCUT2D eigenvalue weighted by atomic mass is 32.1. The van der Waals surface area contributed by atoms with Crippen molar-refractivity contribution < 1.29 is 14.3 Å². The van der Waals surface area contributed by atoms with Crippen LogP contribution in [0.1, 0.15) is 15.6 Å². The molecule has 21 heavy (non-hydrogen) atoms. The van der Waals surface area contributed by atoms with Gasteiger partial charge in [0.15, 0.2) is 18.1 Å². The Bertz CT molecular complexity index is 606. The van der Waals surface area contributed by atoms with Crippen LogP contribution in [-0.4, -0.2) is 24.6 Å². The summed E-state index contributed by atoms with van der Waals surface area (Å²) in [5.74, 6) is 0.971. The molecule has 0 aliphatic rings. The lowest BCUT2D eigenvalue weighted by Crippen LogP contribution is -2.28. The molecule has 0 saturated heterocycles. The molecule has 0 radical (unpaired) electrons. The fourth-order valence-electron chi connectivity index (χ4n) is 1.72. The highest BCUT2D eigenvalue weighted by Crippen LogP contribution is 2.25. The monoisotopic (exact) mass is 306 g/mol. The molecule has 0 aliphatic carbocycles. The van der Waals surface area contributed by atoms with Crippen LogP contribution < -0.4 is 14.8 Å². The topological polar surface area (TPSA) is 60.5 Å². The number of carbonyl (C=O) groups is 1. The van der Waals surface area contributed by atoms with Gasteiger partial charge >= 0.3 is 0 Å². The minimum atomic E-state index is -0.189. The summed E-state index contributed by atoms with van der Waals surface area (Å²) in [5.41, 5.74) is 1.01. The second kappa shape index (κ2) is 7.08. The molecule has 1 N–H and O–H groups in total. The largest absolute Gasteiger partial charge is 0.493 e. The second-order valence-corrected chi connectivity index (χ2v) is 5.75. The van der Waals surface area contributed by atoms with Crippen LogP contribution in [0.5, 0.6) is 11.5 Å². The number of methoxy groups -OCH3 is 1. The Hall–Kier alpha value is -2.08. The molecule has 2 aromatic rings. The predicted octanol–water partition coefficient (Wildman–Crippen LogP) is 2.46. The molecule has 0 saturated carbocycles. The van der Waals surface area contributed by atoms with Crippen molar-refractivity contribution in [2.75, 3.05) is 13.7 Å². The minimum absolute atomic E-state index is 0.0519. The van der Waals surface area contributed by atoms with Crippen LogP contribution in [0.25, 0.3) is 0 Å². The van der Waals surface area contributed by atoms with Crippen molar-refractivity contribution in [1.29, 1.82) is 0 Å². The first-order chi connectivity index (χ1) is 10.1. The van der Waals surface area contributed by atoms with E-state index < -0.39 is 0 Å². The number of aromatic nitrogens is 1. The molecular formula is C15H18N2O3S. The van der Waals surface area contributed by atoms with E-state index in [0.717, 1.165) is 10.7 Å². The minimum Gasteiger partial charge on any atom is -0.493 e. The normalized spacial score (nSPS) is 10.2. The predicted molar refractivity (Wildman–Crippen MR) is 81.9 cm³/mol. The molecule has 0 atom stereocenters. The van der Waals surface area contributed by atoms with E-state index in [1.54, 1.807) is 30.6 Å². The van der Waals surface area contributed by atoms with Crippen LogP contribution in [0, 0.1) is 13.8 Å². The van der Waals surface area contributed by atoms with Crippen LogP contribution in [0.15, 0.2) is 24.3 Å². The Labute approximate surface area is 127 Å². The van der Waals surface area contributed by atoms with Gasteiger partial charge in [-0.25, -0.2) is 4.98 Å². The third-order valence-electron chi connectivity index (χ3n) is 2.94. The Kier molecular flexibility index (Phi) is 5.16. The number of nitrogens with zero attached hydrogens (tertiary/aromatic N) is 1. The number of thiazole rings is 1. The Morgan fingerprint density at radius 3 is 2.62 bits per heavy atom. The summed E-state index contributed by atoms with van der Waals surface area (Å²) in [4.78, 5) is 17.3. The van der Waals surface area contributed by atoms with Gasteiger partial charge in [-0.2, -0.15) is 0 Å². The zero-order valence-corrected chi connectivity index (χ0v) is 13.1. The van der Waals surface area contributed by atoms with Gasteiger partial charge in [-0.3, -0.25) is 4.79 Å². The smallest absolute Gasteiger partial charge is 0.258 e. The summed E-state index contributed by atoms with van der Waals surface area (Å²) >= 11 is 1.59. The second-order valence-electron chi connectivity index (χ2n) is 4.47. The Morgan fingerprint density at radius 2 is 2.00 bits per heavy atom. The molecule has 0 aliphatic heterocycles. The van der Waals surface area contributed by atoms with Gasteiger partial charge in [-0.15, -0.1) is 11.3 Å². The first-order valence-corrected chi connectivity index (χ1v) is 7.37. The molecule has 0 bridgehead atoms. The van der Waals surface area contributed by atoms with E-state index >= 15 is 0 Å². The summed E-state index contributed by atoms with van der Waals surface area (Å²) in [7, 11) is 1.56. The van der Waals surface area contributed by atoms with Gasteiger partial charge in [0, 0.05) is 4.88 Å². The van der Waals surface area contributed by atoms with Crippen LogP contribution in [0.2, 0.25) is 0 Å². The van der Waals surface area contributed by atoms with Crippen LogP contribution in [-0.2, 0) is 11.3 Å². The van der Waals surface area contributed by atoms with Gasteiger partial charge < -0.3 is 14.8 Å². The number of hydrogen-bond acceptors (Lipinski definition) is 5. The summed E-state index contributed by atoms with van der Waals surface area (Å²) in [6.45, 7) is 4.35. The van der Waals surface area contributed by atoms with Crippen molar-refractivity contribution in [3.8, 4) is 11.5 Å². The summed E-state index contributed by atoms with van der Waals surface area (Å²) < 4.78 is 10.6. The summed E-state index contributed by atoms with van der Waals surface area (Å²) in [6.07, 6.45) is 0. The molecule has 0 unspecified atom stereocenters. The maximum Gasteiger partial charge on any atom is 0.258 e. The molecular weight excluding hydrogens is 288 g/mol. The van der Waals surface area contributed by atoms with Crippen molar-refractivity contribution >= 4 is 17.2 Å². The molecule has 1 amide bonds. The fourth-order valence-corrected chi connectivity index (χ4v) is 2.60. The average Bonchev–Trinajstić information content (AvgIpc) is 2.82. The number of benzene rings is 1. The lowest BCUT2D eigenvalue weighted by molar-refractivity contribution is -0.123. The van der Waals surface area contributed by atoms with Crippen molar-refractivity contribution in [3.05, 3.63) is 39.8 Å². The van der Waals surface area contributed by atoms with Crippen LogP contribution >= 0.6 is 11.3 Å². The molecule has 1 aromatic carbocycles. The Morgan fingerprint density at radius 1 is 1.29 bits per heavy atom. The zero-order valence-electron chi connectivity index (χ0n) is 12.3. The number of rotatable bonds is 6. The molecule has 2 rings (SSSR count). The molecule has 1 aromatic heterocycles. The van der Waals surface area contributed by atoms with E-state index in [2.05, 4.69) is 10.3 Å². The SMILES string of the molecule is COc1ccccc1OCC(=O)NCc1nc(C)c(C)s1. The first kappa shape index (κ1) is 15.3. The number of aryl methyl sites for hydroxylation is 2. The van der Waals surface area contributed by atoms with E-state index in [-0.39, 0.29) is 12.5 Å². The van der Waals surface area contributed by atoms with Gasteiger partial charge in [0.2, 0.25) is 0 Å². The van der Waals surface area contributed by atoms with E-state index in [0.29, 0.717) is 18.0 Å². The van der Waals surface area contributed by atoms with E-state index in [9.17, 15) is 4.79 Å². The number of para-hydroxylation sites is 2. The molecule has 0 fully saturated rings. The third-order valence-corrected chi connectivity index (χ3v) is 4.01. The maximum absolute atomic E-state index is 11.8. The standard InChI is InChI=1S/C15H18N2O3S/c1-10-11(2)21-15(17-10)8-16-14(18)9-20-13-7-5-4-6-12(13)19-3/h4-7H,8-9H2,1-3H3,(H,16,18). The lowest BCUT2D eigenvalue weighted by Gasteiger charge is -2.09. The van der Waals surface area contributed by atoms with E-state index in [1.165, 1.54) is 4.88 Å². The average molecular weight is 306 g/mol. The fraction of sp³-hybridized carbons (Fsp3) is 0.333. The van der Waals surface area contributed by atoms with E-state index in [4.69, 9.17) is 9.47 Å². The molecule has 0 spiro atoms. The van der Waals surface area contributed by atoms with Gasteiger partial charge in [-0.05, 0) is 26.0 Å². The lowest BCUT2D eigenvalue weighted by atomic mass is 10.3. The first-order valence-electron chi connectivity index (χ1n) is 6.55. The van der Waals surface area contributed by atoms with Crippen molar-refractivity contribution in [1.82, 2.24) is 10.3 Å². The number of hydrogen-bond donors (Lipinski definition) is 1. The molecule has 6 heteroatoms. The van der Waals surface area contributed by atoms with Crippen molar-refractivity contribution in [2.45, 2.75) is 20.4 Å². The van der Waals surface area contributed by atoms with Gasteiger partial charge in [-0.1, -0.05) is 12.1 Å². The zero-order chi connectivity index (χ0) is 15.2. The van der Waals surface area contributed by atoms with Crippen LogP contribution in [0.4, 0.5) is 0 Å². The maximum atomic E-state index is 11.8. The molecule has 5 nitrogen and oxygen atoms in total. The van der Waals surface area contributed by atoms with Crippen molar-refractivity contribution in [3.63, 3.8) is 0 Å². The third kappa shape index (κ3) is 4.19. The Balaban J connectivity index is 1.82. The number of amides is 1. The number of ether oxygens (including phenoxy) is 2. The van der Waals surface area contributed by atoms with Gasteiger partial charge in [0.05, 0.1) is 19.3 Å². The number of nitrogens with one attached hydrogen (secondary N) is 1.